The Bertz CT molecular complexity index is 1140. The SMILES string of the molecule is COc1ccccc1NC(=O)c1c(NCc2cccc(OC)c2OC)sc2c1CCC(C)C2. The molecule has 0 fully saturated rings. The van der Waals surface area contributed by atoms with E-state index in [9.17, 15) is 4.79 Å². The van der Waals surface area contributed by atoms with Gasteiger partial charge < -0.3 is 24.8 Å². The Balaban J connectivity index is 1.65. The number of anilines is 2. The summed E-state index contributed by atoms with van der Waals surface area (Å²) in [5.41, 5.74) is 3.52. The zero-order chi connectivity index (χ0) is 23.4. The summed E-state index contributed by atoms with van der Waals surface area (Å²) in [6.07, 6.45) is 2.99. The van der Waals surface area contributed by atoms with Gasteiger partial charge in [-0.2, -0.15) is 0 Å². The number of para-hydroxylation sites is 3. The third kappa shape index (κ3) is 4.78. The molecule has 0 saturated heterocycles. The third-order valence-corrected chi connectivity index (χ3v) is 7.23. The number of hydrogen-bond donors (Lipinski definition) is 2. The summed E-state index contributed by atoms with van der Waals surface area (Å²) in [6.45, 7) is 2.79. The Labute approximate surface area is 198 Å². The summed E-state index contributed by atoms with van der Waals surface area (Å²) in [7, 11) is 4.87. The van der Waals surface area contributed by atoms with Gasteiger partial charge in [-0.25, -0.2) is 0 Å². The van der Waals surface area contributed by atoms with Gasteiger partial charge >= 0.3 is 0 Å². The summed E-state index contributed by atoms with van der Waals surface area (Å²) in [4.78, 5) is 14.8. The molecule has 1 amide bonds. The zero-order valence-electron chi connectivity index (χ0n) is 19.5. The van der Waals surface area contributed by atoms with Crippen molar-refractivity contribution < 1.29 is 19.0 Å². The molecule has 1 unspecified atom stereocenters. The van der Waals surface area contributed by atoms with Crippen LogP contribution in [0.4, 0.5) is 10.7 Å². The van der Waals surface area contributed by atoms with E-state index in [1.54, 1.807) is 32.7 Å². The largest absolute Gasteiger partial charge is 0.495 e. The molecular formula is C26H30N2O4S. The number of carbonyl (C=O) groups excluding carboxylic acids is 1. The number of hydrogen-bond acceptors (Lipinski definition) is 6. The van der Waals surface area contributed by atoms with Crippen LogP contribution in [0.2, 0.25) is 0 Å². The highest BCUT2D eigenvalue weighted by atomic mass is 32.1. The topological polar surface area (TPSA) is 68.8 Å². The van der Waals surface area contributed by atoms with Gasteiger partial charge in [0.1, 0.15) is 10.8 Å². The maximum atomic E-state index is 13.5. The number of ether oxygens (including phenoxy) is 3. The lowest BCUT2D eigenvalue weighted by Gasteiger charge is -2.19. The maximum absolute atomic E-state index is 13.5. The van der Waals surface area contributed by atoms with Gasteiger partial charge in [-0.15, -0.1) is 11.3 Å². The number of methoxy groups -OCH3 is 3. The first-order chi connectivity index (χ1) is 16.0. The van der Waals surface area contributed by atoms with Crippen molar-refractivity contribution in [2.75, 3.05) is 32.0 Å². The van der Waals surface area contributed by atoms with E-state index in [-0.39, 0.29) is 5.91 Å². The van der Waals surface area contributed by atoms with Crippen LogP contribution in [0.1, 0.15) is 39.7 Å². The van der Waals surface area contributed by atoms with Gasteiger partial charge in [0.2, 0.25) is 0 Å². The number of benzene rings is 2. The fourth-order valence-electron chi connectivity index (χ4n) is 4.32. The van der Waals surface area contributed by atoms with Crippen molar-refractivity contribution in [2.24, 2.45) is 5.92 Å². The predicted octanol–water partition coefficient (Wildman–Crippen LogP) is 5.76. The van der Waals surface area contributed by atoms with Crippen molar-refractivity contribution in [3.05, 3.63) is 64.0 Å². The second-order valence-electron chi connectivity index (χ2n) is 8.22. The number of amides is 1. The van der Waals surface area contributed by atoms with E-state index in [0.29, 0.717) is 35.4 Å². The molecule has 0 spiro atoms. The fourth-order valence-corrected chi connectivity index (χ4v) is 5.72. The summed E-state index contributed by atoms with van der Waals surface area (Å²) in [5, 5.41) is 7.46. The van der Waals surface area contributed by atoms with Crippen LogP contribution in [0, 0.1) is 5.92 Å². The molecule has 2 aromatic carbocycles. The number of nitrogens with one attached hydrogen (secondary N) is 2. The molecule has 174 valence electrons. The van der Waals surface area contributed by atoms with Crippen molar-refractivity contribution in [3.63, 3.8) is 0 Å². The average Bonchev–Trinajstić information content (AvgIpc) is 3.20. The molecule has 0 bridgehead atoms. The van der Waals surface area contributed by atoms with Crippen LogP contribution in [0.3, 0.4) is 0 Å². The fraction of sp³-hybridized carbons (Fsp3) is 0.346. The molecule has 6 nitrogen and oxygen atoms in total. The number of fused-ring (bicyclic) bond motifs is 1. The van der Waals surface area contributed by atoms with Crippen LogP contribution in [0.5, 0.6) is 17.2 Å². The van der Waals surface area contributed by atoms with E-state index in [4.69, 9.17) is 14.2 Å². The molecule has 1 aliphatic rings. The summed E-state index contributed by atoms with van der Waals surface area (Å²) < 4.78 is 16.4. The minimum atomic E-state index is -0.119. The molecule has 7 heteroatoms. The molecule has 0 saturated carbocycles. The Morgan fingerprint density at radius 2 is 1.79 bits per heavy atom. The molecular weight excluding hydrogens is 436 g/mol. The molecule has 1 aromatic heterocycles. The lowest BCUT2D eigenvalue weighted by molar-refractivity contribution is 0.102. The van der Waals surface area contributed by atoms with E-state index >= 15 is 0 Å². The monoisotopic (exact) mass is 466 g/mol. The zero-order valence-corrected chi connectivity index (χ0v) is 20.3. The van der Waals surface area contributed by atoms with Crippen molar-refractivity contribution in [1.82, 2.24) is 0 Å². The van der Waals surface area contributed by atoms with Crippen molar-refractivity contribution in [1.29, 1.82) is 0 Å². The van der Waals surface area contributed by atoms with Crippen molar-refractivity contribution in [3.8, 4) is 17.2 Å². The molecule has 0 aliphatic heterocycles. The van der Waals surface area contributed by atoms with Crippen molar-refractivity contribution >= 4 is 27.9 Å². The normalized spacial score (nSPS) is 14.8. The lowest BCUT2D eigenvalue weighted by atomic mass is 9.88. The Hall–Kier alpha value is -3.19. The molecule has 33 heavy (non-hydrogen) atoms. The molecule has 2 N–H and O–H groups in total. The Morgan fingerprint density at radius 3 is 2.55 bits per heavy atom. The second-order valence-corrected chi connectivity index (χ2v) is 9.32. The molecule has 4 rings (SSSR count). The van der Waals surface area contributed by atoms with Crippen molar-refractivity contribution in [2.45, 2.75) is 32.7 Å². The lowest BCUT2D eigenvalue weighted by Crippen LogP contribution is -2.18. The van der Waals surface area contributed by atoms with Crippen LogP contribution in [0.25, 0.3) is 0 Å². The van der Waals surface area contributed by atoms with Crippen LogP contribution >= 0.6 is 11.3 Å². The molecule has 1 aliphatic carbocycles. The third-order valence-electron chi connectivity index (χ3n) is 6.02. The van der Waals surface area contributed by atoms with Crippen LogP contribution < -0.4 is 24.8 Å². The molecule has 1 heterocycles. The number of thiophene rings is 1. The van der Waals surface area contributed by atoms with Gasteiger partial charge in [-0.3, -0.25) is 4.79 Å². The Morgan fingerprint density at radius 1 is 1.03 bits per heavy atom. The van der Waals surface area contributed by atoms with Gasteiger partial charge in [0.05, 0.1) is 32.6 Å². The summed E-state index contributed by atoms with van der Waals surface area (Å²) in [5.74, 6) is 2.52. The quantitative estimate of drug-likeness (QED) is 0.442. The van der Waals surface area contributed by atoms with E-state index in [1.807, 2.05) is 42.5 Å². The first kappa shape index (κ1) is 23.0. The minimum Gasteiger partial charge on any atom is -0.495 e. The van der Waals surface area contributed by atoms with Crippen LogP contribution in [-0.4, -0.2) is 27.2 Å². The van der Waals surface area contributed by atoms with Gasteiger partial charge in [0, 0.05) is 17.0 Å². The highest BCUT2D eigenvalue weighted by Gasteiger charge is 2.28. The minimum absolute atomic E-state index is 0.119. The van der Waals surface area contributed by atoms with E-state index in [2.05, 4.69) is 17.6 Å². The van der Waals surface area contributed by atoms with Gasteiger partial charge in [0.25, 0.3) is 5.91 Å². The van der Waals surface area contributed by atoms with Gasteiger partial charge in [-0.05, 0) is 48.9 Å². The van der Waals surface area contributed by atoms with E-state index in [1.165, 1.54) is 4.88 Å². The summed E-state index contributed by atoms with van der Waals surface area (Å²) >= 11 is 1.68. The average molecular weight is 467 g/mol. The highest BCUT2D eigenvalue weighted by molar-refractivity contribution is 7.16. The maximum Gasteiger partial charge on any atom is 0.259 e. The summed E-state index contributed by atoms with van der Waals surface area (Å²) in [6, 6.07) is 13.3. The highest BCUT2D eigenvalue weighted by Crippen LogP contribution is 2.41. The Kier molecular flexibility index (Phi) is 7.08. The first-order valence-electron chi connectivity index (χ1n) is 11.1. The van der Waals surface area contributed by atoms with Gasteiger partial charge in [0.15, 0.2) is 11.5 Å². The standard InChI is InChI=1S/C26H30N2O4S/c1-16-12-13-18-22(14-16)33-26(27-15-17-8-7-11-21(31-3)24(17)32-4)23(18)25(29)28-19-9-5-6-10-20(19)30-2/h5-11,16,27H,12-15H2,1-4H3,(H,28,29). The smallest absolute Gasteiger partial charge is 0.259 e. The van der Waals surface area contributed by atoms with E-state index in [0.717, 1.165) is 41.0 Å². The molecule has 1 atom stereocenters. The van der Waals surface area contributed by atoms with Gasteiger partial charge in [-0.1, -0.05) is 31.2 Å². The molecule has 0 radical (unpaired) electrons. The number of carbonyl (C=O) groups is 1. The second kappa shape index (κ2) is 10.2. The van der Waals surface area contributed by atoms with E-state index < -0.39 is 0 Å². The van der Waals surface area contributed by atoms with Crippen LogP contribution in [-0.2, 0) is 19.4 Å². The predicted molar refractivity (Wildman–Crippen MR) is 133 cm³/mol. The number of rotatable bonds is 8. The van der Waals surface area contributed by atoms with Crippen LogP contribution in [0.15, 0.2) is 42.5 Å². The molecule has 3 aromatic rings. The first-order valence-corrected chi connectivity index (χ1v) is 11.9.